The Morgan fingerprint density at radius 2 is 2.15 bits per heavy atom. The monoisotopic (exact) mass is 300 g/mol. The summed E-state index contributed by atoms with van der Waals surface area (Å²) in [5.41, 5.74) is -1.01. The van der Waals surface area contributed by atoms with Crippen LogP contribution in [0.3, 0.4) is 0 Å². The largest absolute Gasteiger partial charge is 0.324 e. The molecule has 1 aliphatic rings. The minimum absolute atomic E-state index is 0.0423. The number of benzene rings is 1. The van der Waals surface area contributed by atoms with Crippen LogP contribution in [0.4, 0.5) is 10.1 Å². The first-order valence-corrected chi connectivity index (χ1v) is 7.39. The molecule has 0 heterocycles. The second-order valence-corrected chi connectivity index (χ2v) is 6.30. The number of nitro groups is 1. The van der Waals surface area contributed by atoms with E-state index in [4.69, 9.17) is 0 Å². The van der Waals surface area contributed by atoms with Crippen LogP contribution in [0.1, 0.15) is 12.8 Å². The highest BCUT2D eigenvalue weighted by molar-refractivity contribution is 7.89. The van der Waals surface area contributed by atoms with E-state index in [1.807, 2.05) is 0 Å². The molecule has 1 aliphatic carbocycles. The smallest absolute Gasteiger partial charge is 0.258 e. The summed E-state index contributed by atoms with van der Waals surface area (Å²) in [4.78, 5) is 9.29. The van der Waals surface area contributed by atoms with Gasteiger partial charge in [0, 0.05) is 12.6 Å². The first kappa shape index (κ1) is 14.6. The van der Waals surface area contributed by atoms with Crippen molar-refractivity contribution in [2.75, 3.05) is 6.54 Å². The van der Waals surface area contributed by atoms with Crippen molar-refractivity contribution in [1.82, 2.24) is 4.31 Å². The summed E-state index contributed by atoms with van der Waals surface area (Å²) in [6, 6.07) is 2.87. The third kappa shape index (κ3) is 2.56. The lowest BCUT2D eigenvalue weighted by molar-refractivity contribution is -0.390. The van der Waals surface area contributed by atoms with Crippen LogP contribution in [0.2, 0.25) is 0 Å². The van der Waals surface area contributed by atoms with Crippen LogP contribution in [0.15, 0.2) is 35.7 Å². The molecule has 108 valence electrons. The normalized spacial score (nSPS) is 15.3. The average Bonchev–Trinajstić information content (AvgIpc) is 3.19. The Hall–Kier alpha value is -1.80. The second-order valence-electron chi connectivity index (χ2n) is 4.44. The maximum absolute atomic E-state index is 13.6. The predicted molar refractivity (Wildman–Crippen MR) is 70.2 cm³/mol. The third-order valence-electron chi connectivity index (χ3n) is 2.98. The lowest BCUT2D eigenvalue weighted by Gasteiger charge is -2.20. The Kier molecular flexibility index (Phi) is 3.87. The van der Waals surface area contributed by atoms with E-state index in [0.29, 0.717) is 12.8 Å². The summed E-state index contributed by atoms with van der Waals surface area (Å²) in [5, 5.41) is 10.9. The van der Waals surface area contributed by atoms with Crippen LogP contribution in [-0.4, -0.2) is 30.2 Å². The van der Waals surface area contributed by atoms with E-state index in [1.54, 1.807) is 0 Å². The third-order valence-corrected chi connectivity index (χ3v) is 4.93. The van der Waals surface area contributed by atoms with Gasteiger partial charge in [-0.1, -0.05) is 12.1 Å². The van der Waals surface area contributed by atoms with Crippen LogP contribution in [0.25, 0.3) is 0 Å². The van der Waals surface area contributed by atoms with Crippen LogP contribution in [-0.2, 0) is 10.0 Å². The summed E-state index contributed by atoms with van der Waals surface area (Å²) in [7, 11) is -4.12. The molecular weight excluding hydrogens is 287 g/mol. The molecule has 1 fully saturated rings. The van der Waals surface area contributed by atoms with Crippen molar-refractivity contribution in [2.24, 2.45) is 0 Å². The zero-order valence-corrected chi connectivity index (χ0v) is 11.3. The fourth-order valence-electron chi connectivity index (χ4n) is 1.94. The summed E-state index contributed by atoms with van der Waals surface area (Å²) in [6.45, 7) is 3.52. The summed E-state index contributed by atoms with van der Waals surface area (Å²) < 4.78 is 39.7. The molecular formula is C12H13FN2O4S. The van der Waals surface area contributed by atoms with Crippen molar-refractivity contribution in [3.05, 3.63) is 46.8 Å². The molecule has 1 aromatic rings. The predicted octanol–water partition coefficient (Wildman–Crippen LogP) is 2.07. The molecule has 0 spiro atoms. The van der Waals surface area contributed by atoms with Crippen LogP contribution in [0.5, 0.6) is 0 Å². The van der Waals surface area contributed by atoms with Crippen LogP contribution >= 0.6 is 0 Å². The van der Waals surface area contributed by atoms with Crippen LogP contribution in [0, 0.1) is 15.9 Å². The van der Waals surface area contributed by atoms with Gasteiger partial charge in [-0.3, -0.25) is 10.1 Å². The van der Waals surface area contributed by atoms with Crippen molar-refractivity contribution in [3.63, 3.8) is 0 Å². The SMILES string of the molecule is C=CCN(C1CC1)S(=O)(=O)c1cccc(F)c1[N+](=O)[O-]. The highest BCUT2D eigenvalue weighted by atomic mass is 32.2. The lowest BCUT2D eigenvalue weighted by atomic mass is 10.3. The Morgan fingerprint density at radius 1 is 1.50 bits per heavy atom. The van der Waals surface area contributed by atoms with Gasteiger partial charge in [0.15, 0.2) is 4.90 Å². The first-order valence-electron chi connectivity index (χ1n) is 5.95. The molecule has 0 saturated heterocycles. The van der Waals surface area contributed by atoms with Gasteiger partial charge in [0.25, 0.3) is 10.0 Å². The molecule has 0 radical (unpaired) electrons. The van der Waals surface area contributed by atoms with Crippen molar-refractivity contribution in [2.45, 2.75) is 23.8 Å². The van der Waals surface area contributed by atoms with Gasteiger partial charge in [0.2, 0.25) is 5.82 Å². The Morgan fingerprint density at radius 3 is 2.65 bits per heavy atom. The van der Waals surface area contributed by atoms with Crippen molar-refractivity contribution in [1.29, 1.82) is 0 Å². The van der Waals surface area contributed by atoms with Gasteiger partial charge in [-0.25, -0.2) is 8.42 Å². The Bertz CT molecular complexity index is 655. The first-order chi connectivity index (χ1) is 9.39. The van der Waals surface area contributed by atoms with E-state index in [-0.39, 0.29) is 12.6 Å². The number of sulfonamides is 1. The van der Waals surface area contributed by atoms with Gasteiger partial charge in [0.05, 0.1) is 4.92 Å². The lowest BCUT2D eigenvalue weighted by Crippen LogP contribution is -2.33. The average molecular weight is 300 g/mol. The zero-order chi connectivity index (χ0) is 14.9. The molecule has 2 rings (SSSR count). The van der Waals surface area contributed by atoms with E-state index in [2.05, 4.69) is 6.58 Å². The summed E-state index contributed by atoms with van der Waals surface area (Å²) >= 11 is 0. The maximum Gasteiger partial charge on any atom is 0.324 e. The number of hydrogen-bond acceptors (Lipinski definition) is 4. The van der Waals surface area contributed by atoms with Crippen LogP contribution < -0.4 is 0 Å². The van der Waals surface area contributed by atoms with Crippen molar-refractivity contribution < 1.29 is 17.7 Å². The molecule has 0 atom stereocenters. The molecule has 0 amide bonds. The second kappa shape index (κ2) is 5.29. The van der Waals surface area contributed by atoms with E-state index >= 15 is 0 Å². The maximum atomic E-state index is 13.6. The van der Waals surface area contributed by atoms with E-state index in [9.17, 15) is 22.9 Å². The number of nitro benzene ring substituents is 1. The van der Waals surface area contributed by atoms with E-state index in [1.165, 1.54) is 6.08 Å². The Labute approximate surface area is 115 Å². The minimum Gasteiger partial charge on any atom is -0.258 e. The van der Waals surface area contributed by atoms with Gasteiger partial charge in [-0.15, -0.1) is 6.58 Å². The van der Waals surface area contributed by atoms with Gasteiger partial charge < -0.3 is 0 Å². The Balaban J connectivity index is 2.56. The quantitative estimate of drug-likeness (QED) is 0.457. The molecule has 0 aromatic heterocycles. The number of hydrogen-bond donors (Lipinski definition) is 0. The molecule has 20 heavy (non-hydrogen) atoms. The number of para-hydroxylation sites is 1. The summed E-state index contributed by atoms with van der Waals surface area (Å²) in [5.74, 6) is -1.16. The zero-order valence-electron chi connectivity index (χ0n) is 10.5. The molecule has 0 bridgehead atoms. The molecule has 6 nitrogen and oxygen atoms in total. The van der Waals surface area contributed by atoms with Gasteiger partial charge in [-0.05, 0) is 25.0 Å². The highest BCUT2D eigenvalue weighted by Crippen LogP contribution is 2.35. The minimum atomic E-state index is -4.12. The number of nitrogens with zero attached hydrogens (tertiary/aromatic N) is 2. The molecule has 1 saturated carbocycles. The summed E-state index contributed by atoms with van der Waals surface area (Å²) in [6.07, 6.45) is 2.79. The molecule has 0 N–H and O–H groups in total. The highest BCUT2D eigenvalue weighted by Gasteiger charge is 2.41. The molecule has 0 unspecified atom stereocenters. The van der Waals surface area contributed by atoms with Crippen molar-refractivity contribution in [3.8, 4) is 0 Å². The fraction of sp³-hybridized carbons (Fsp3) is 0.333. The van der Waals surface area contributed by atoms with Gasteiger partial charge in [-0.2, -0.15) is 8.70 Å². The number of rotatable bonds is 6. The topological polar surface area (TPSA) is 80.5 Å². The van der Waals surface area contributed by atoms with E-state index < -0.39 is 31.3 Å². The van der Waals surface area contributed by atoms with Crippen molar-refractivity contribution >= 4 is 15.7 Å². The number of halogens is 1. The van der Waals surface area contributed by atoms with E-state index in [0.717, 1.165) is 22.5 Å². The standard InChI is InChI=1S/C12H13FN2O4S/c1-2-8-14(9-6-7-9)20(18,19)11-5-3-4-10(13)12(11)15(16)17/h2-5,9H,1,6-8H2. The van der Waals surface area contributed by atoms with Gasteiger partial charge in [0.1, 0.15) is 0 Å². The fourth-order valence-corrected chi connectivity index (χ4v) is 3.76. The molecule has 8 heteroatoms. The van der Waals surface area contributed by atoms with Gasteiger partial charge >= 0.3 is 5.69 Å². The molecule has 0 aliphatic heterocycles. The molecule has 1 aromatic carbocycles.